The predicted octanol–water partition coefficient (Wildman–Crippen LogP) is 3.33. The molecule has 1 fully saturated rings. The first kappa shape index (κ1) is 23.1. The monoisotopic (exact) mass is 464 g/mol. The van der Waals surface area contributed by atoms with Crippen molar-refractivity contribution in [1.82, 2.24) is 10.2 Å². The molecule has 2 amide bonds. The van der Waals surface area contributed by atoms with E-state index in [0.29, 0.717) is 18.5 Å². The molecule has 2 aromatic carbocycles. The first-order valence-corrected chi connectivity index (χ1v) is 10.5. The number of ether oxygens (including phenoxy) is 2. The van der Waals surface area contributed by atoms with Gasteiger partial charge in [-0.3, -0.25) is 4.79 Å². The number of hydrogen-bond acceptors (Lipinski definition) is 4. The summed E-state index contributed by atoms with van der Waals surface area (Å²) in [4.78, 5) is 26.3. The molecule has 0 aliphatic carbocycles. The van der Waals surface area contributed by atoms with Crippen LogP contribution >= 0.6 is 0 Å². The first-order valence-electron chi connectivity index (χ1n) is 10.5. The Balaban J connectivity index is 1.60. The maximum absolute atomic E-state index is 13.5. The van der Waals surface area contributed by atoms with E-state index >= 15 is 0 Å². The van der Waals surface area contributed by atoms with Gasteiger partial charge in [0.15, 0.2) is 0 Å². The highest BCUT2D eigenvalue weighted by Crippen LogP contribution is 2.36. The standard InChI is InChI=1S/C23H23F3N2O5/c24-15-7-5-14(6-8-15)20-16-4-2-1-3-13(16)9-10-28(20)21(29)18-11-17(27-23(30)31)19(12-32-18)33-22(25)26/h1-8,17-20,22,27H,9-12H2,(H,30,31)/t17-,18+,19+,20-/m0/s1. The van der Waals surface area contributed by atoms with E-state index in [1.165, 1.54) is 12.1 Å². The fourth-order valence-corrected chi connectivity index (χ4v) is 4.52. The van der Waals surface area contributed by atoms with E-state index < -0.39 is 48.7 Å². The largest absolute Gasteiger partial charge is 0.465 e. The molecule has 0 unspecified atom stereocenters. The third-order valence-corrected chi connectivity index (χ3v) is 5.99. The Kier molecular flexibility index (Phi) is 6.85. The normalized spacial score (nSPS) is 24.9. The molecular formula is C23H23F3N2O5. The highest BCUT2D eigenvalue weighted by atomic mass is 19.3. The van der Waals surface area contributed by atoms with Crippen LogP contribution in [-0.4, -0.2) is 60.0 Å². The summed E-state index contributed by atoms with van der Waals surface area (Å²) in [5, 5.41) is 11.2. The number of nitrogens with one attached hydrogen (secondary N) is 1. The number of alkyl halides is 2. The number of benzene rings is 2. The molecule has 2 aromatic rings. The lowest BCUT2D eigenvalue weighted by Gasteiger charge is -2.42. The third-order valence-electron chi connectivity index (χ3n) is 5.99. The Morgan fingerprint density at radius 1 is 1.15 bits per heavy atom. The van der Waals surface area contributed by atoms with Gasteiger partial charge in [-0.15, -0.1) is 0 Å². The SMILES string of the molecule is O=C(O)N[C@H]1C[C@H](C(=O)N2CCc3ccccc3[C@@H]2c2ccc(F)cc2)OC[C@H]1OC(F)F. The van der Waals surface area contributed by atoms with Crippen LogP contribution in [0.25, 0.3) is 0 Å². The summed E-state index contributed by atoms with van der Waals surface area (Å²) in [7, 11) is 0. The Labute approximate surface area is 188 Å². The first-order chi connectivity index (χ1) is 15.8. The second kappa shape index (κ2) is 9.80. The average molecular weight is 464 g/mol. The highest BCUT2D eigenvalue weighted by molar-refractivity contribution is 5.82. The van der Waals surface area contributed by atoms with Gasteiger partial charge in [-0.05, 0) is 35.2 Å². The van der Waals surface area contributed by atoms with Gasteiger partial charge in [0.2, 0.25) is 0 Å². The number of carboxylic acid groups (broad SMARTS) is 1. The Morgan fingerprint density at radius 3 is 2.58 bits per heavy atom. The van der Waals surface area contributed by atoms with Gasteiger partial charge in [0, 0.05) is 13.0 Å². The molecule has 7 nitrogen and oxygen atoms in total. The molecule has 0 spiro atoms. The second-order valence-electron chi connectivity index (χ2n) is 7.98. The van der Waals surface area contributed by atoms with Crippen LogP contribution in [0.15, 0.2) is 48.5 Å². The van der Waals surface area contributed by atoms with Crippen LogP contribution in [0.2, 0.25) is 0 Å². The van der Waals surface area contributed by atoms with E-state index in [1.807, 2.05) is 24.3 Å². The highest BCUT2D eigenvalue weighted by Gasteiger charge is 2.42. The van der Waals surface area contributed by atoms with Gasteiger partial charge >= 0.3 is 12.7 Å². The molecule has 0 radical (unpaired) electrons. The summed E-state index contributed by atoms with van der Waals surface area (Å²) in [5.74, 6) is -0.796. The second-order valence-corrected chi connectivity index (χ2v) is 7.98. The zero-order chi connectivity index (χ0) is 23.5. The molecular weight excluding hydrogens is 441 g/mol. The van der Waals surface area contributed by atoms with E-state index in [2.05, 4.69) is 10.1 Å². The van der Waals surface area contributed by atoms with Gasteiger partial charge in [0.1, 0.15) is 18.0 Å². The summed E-state index contributed by atoms with van der Waals surface area (Å²) >= 11 is 0. The van der Waals surface area contributed by atoms with Gasteiger partial charge in [-0.1, -0.05) is 36.4 Å². The van der Waals surface area contributed by atoms with Crippen LogP contribution in [0.5, 0.6) is 0 Å². The fraction of sp³-hybridized carbons (Fsp3) is 0.391. The molecule has 2 aliphatic heterocycles. The van der Waals surface area contributed by atoms with Crippen molar-refractivity contribution in [2.75, 3.05) is 13.2 Å². The minimum atomic E-state index is -3.11. The molecule has 176 valence electrons. The van der Waals surface area contributed by atoms with Crippen molar-refractivity contribution in [2.24, 2.45) is 0 Å². The number of amides is 2. The number of carbonyl (C=O) groups excluding carboxylic acids is 1. The fourth-order valence-electron chi connectivity index (χ4n) is 4.52. The molecule has 10 heteroatoms. The van der Waals surface area contributed by atoms with Gasteiger partial charge in [0.25, 0.3) is 5.91 Å². The summed E-state index contributed by atoms with van der Waals surface area (Å²) in [6, 6.07) is 12.0. The maximum atomic E-state index is 13.5. The lowest BCUT2D eigenvalue weighted by atomic mass is 9.87. The molecule has 2 heterocycles. The molecule has 33 heavy (non-hydrogen) atoms. The number of halogens is 3. The van der Waals surface area contributed by atoms with Crippen LogP contribution < -0.4 is 5.32 Å². The minimum absolute atomic E-state index is 0.156. The summed E-state index contributed by atoms with van der Waals surface area (Å²) < 4.78 is 49.1. The number of nitrogens with zero attached hydrogens (tertiary/aromatic N) is 1. The lowest BCUT2D eigenvalue weighted by Crippen LogP contribution is -2.56. The molecule has 2 aliphatic rings. The van der Waals surface area contributed by atoms with Gasteiger partial charge in [-0.25, -0.2) is 9.18 Å². The molecule has 2 N–H and O–H groups in total. The molecule has 4 atom stereocenters. The Bertz CT molecular complexity index is 1000. The lowest BCUT2D eigenvalue weighted by molar-refractivity contribution is -0.206. The van der Waals surface area contributed by atoms with Crippen molar-refractivity contribution in [3.05, 3.63) is 71.0 Å². The number of rotatable bonds is 5. The Morgan fingerprint density at radius 2 is 1.88 bits per heavy atom. The average Bonchev–Trinajstić information content (AvgIpc) is 2.79. The van der Waals surface area contributed by atoms with E-state index in [-0.39, 0.29) is 13.0 Å². The smallest absolute Gasteiger partial charge is 0.404 e. The van der Waals surface area contributed by atoms with E-state index in [1.54, 1.807) is 17.0 Å². The zero-order valence-electron chi connectivity index (χ0n) is 17.5. The van der Waals surface area contributed by atoms with Crippen molar-refractivity contribution in [3.8, 4) is 0 Å². The van der Waals surface area contributed by atoms with Crippen molar-refractivity contribution in [2.45, 2.75) is 43.7 Å². The van der Waals surface area contributed by atoms with Crippen molar-refractivity contribution >= 4 is 12.0 Å². The minimum Gasteiger partial charge on any atom is -0.465 e. The molecule has 4 rings (SSSR count). The summed E-state index contributed by atoms with van der Waals surface area (Å²) in [6.07, 6.45) is -3.24. The van der Waals surface area contributed by atoms with Crippen LogP contribution in [0.1, 0.15) is 29.2 Å². The maximum Gasteiger partial charge on any atom is 0.404 e. The summed E-state index contributed by atoms with van der Waals surface area (Å²) in [5.41, 5.74) is 2.68. The van der Waals surface area contributed by atoms with Crippen LogP contribution in [-0.2, 0) is 20.7 Å². The van der Waals surface area contributed by atoms with Crippen molar-refractivity contribution in [1.29, 1.82) is 0 Å². The van der Waals surface area contributed by atoms with Crippen molar-refractivity contribution < 1.29 is 37.3 Å². The topological polar surface area (TPSA) is 88.1 Å². The number of fused-ring (bicyclic) bond motifs is 1. The van der Waals surface area contributed by atoms with E-state index in [0.717, 1.165) is 11.1 Å². The Hall–Kier alpha value is -3.11. The van der Waals surface area contributed by atoms with E-state index in [4.69, 9.17) is 9.84 Å². The van der Waals surface area contributed by atoms with Crippen LogP contribution in [0.3, 0.4) is 0 Å². The van der Waals surface area contributed by atoms with Crippen molar-refractivity contribution in [3.63, 3.8) is 0 Å². The van der Waals surface area contributed by atoms with Crippen LogP contribution in [0.4, 0.5) is 18.0 Å². The number of hydrogen-bond donors (Lipinski definition) is 2. The van der Waals surface area contributed by atoms with Gasteiger partial charge in [0.05, 0.1) is 18.7 Å². The zero-order valence-corrected chi connectivity index (χ0v) is 17.5. The quantitative estimate of drug-likeness (QED) is 0.709. The van der Waals surface area contributed by atoms with E-state index in [9.17, 15) is 22.8 Å². The van der Waals surface area contributed by atoms with Gasteiger partial charge < -0.3 is 24.8 Å². The summed E-state index contributed by atoms with van der Waals surface area (Å²) in [6.45, 7) is -3.10. The molecule has 1 saturated heterocycles. The molecule has 0 aromatic heterocycles. The van der Waals surface area contributed by atoms with Crippen LogP contribution in [0, 0.1) is 5.82 Å². The molecule has 0 bridgehead atoms. The molecule has 0 saturated carbocycles. The predicted molar refractivity (Wildman–Crippen MR) is 110 cm³/mol. The number of carbonyl (C=O) groups is 2. The van der Waals surface area contributed by atoms with Gasteiger partial charge in [-0.2, -0.15) is 8.78 Å². The third kappa shape index (κ3) is 5.12.